The Kier molecular flexibility index (Phi) is 4.82. The molecule has 0 aliphatic heterocycles. The van der Waals surface area contributed by atoms with Crippen molar-refractivity contribution >= 4 is 44.9 Å². The molecule has 0 fully saturated rings. The summed E-state index contributed by atoms with van der Waals surface area (Å²) >= 11 is 15.0. The van der Waals surface area contributed by atoms with Crippen LogP contribution in [0.25, 0.3) is 0 Å². The summed E-state index contributed by atoms with van der Waals surface area (Å²) in [5, 5.41) is 9.93. The third-order valence-corrected chi connectivity index (χ3v) is 4.07. The maximum Gasteiger partial charge on any atom is 0.184 e. The molecule has 1 atom stereocenters. The maximum absolute atomic E-state index is 12.4. The molecule has 0 saturated carbocycles. The Balaban J connectivity index is 2.36. The van der Waals surface area contributed by atoms with E-state index in [0.717, 1.165) is 4.47 Å². The van der Waals surface area contributed by atoms with Crippen molar-refractivity contribution < 1.29 is 4.79 Å². The van der Waals surface area contributed by atoms with E-state index in [4.69, 9.17) is 23.2 Å². The first-order chi connectivity index (χ1) is 9.52. The summed E-state index contributed by atoms with van der Waals surface area (Å²) in [4.78, 5) is 12.4. The largest absolute Gasteiger partial charge is 0.292 e. The van der Waals surface area contributed by atoms with Gasteiger partial charge in [0.1, 0.15) is 5.92 Å². The minimum atomic E-state index is -0.861. The molecule has 20 heavy (non-hydrogen) atoms. The van der Waals surface area contributed by atoms with Crippen LogP contribution in [0, 0.1) is 11.3 Å². The summed E-state index contributed by atoms with van der Waals surface area (Å²) in [6, 6.07) is 13.7. The molecule has 2 nitrogen and oxygen atoms in total. The zero-order chi connectivity index (χ0) is 14.7. The van der Waals surface area contributed by atoms with E-state index in [1.807, 2.05) is 6.07 Å². The summed E-state index contributed by atoms with van der Waals surface area (Å²) in [5.74, 6) is -1.16. The predicted molar refractivity (Wildman–Crippen MR) is 83.3 cm³/mol. The number of hydrogen-bond acceptors (Lipinski definition) is 2. The molecule has 5 heteroatoms. The van der Waals surface area contributed by atoms with E-state index in [1.165, 1.54) is 6.07 Å². The van der Waals surface area contributed by atoms with Crippen LogP contribution < -0.4 is 0 Å². The van der Waals surface area contributed by atoms with Gasteiger partial charge >= 0.3 is 0 Å². The third-order valence-electron chi connectivity index (χ3n) is 2.80. The molecule has 1 unspecified atom stereocenters. The number of rotatable bonds is 3. The van der Waals surface area contributed by atoms with E-state index < -0.39 is 5.92 Å². The molecule has 0 heterocycles. The fourth-order valence-corrected chi connectivity index (χ4v) is 2.32. The van der Waals surface area contributed by atoms with Gasteiger partial charge in [-0.15, -0.1) is 0 Å². The van der Waals surface area contributed by atoms with Crippen LogP contribution in [0.5, 0.6) is 0 Å². The average Bonchev–Trinajstić information content (AvgIpc) is 2.44. The second kappa shape index (κ2) is 6.41. The van der Waals surface area contributed by atoms with Gasteiger partial charge in [-0.05, 0) is 35.9 Å². The smallest absolute Gasteiger partial charge is 0.184 e. The van der Waals surface area contributed by atoms with Gasteiger partial charge in [0.05, 0.1) is 16.1 Å². The molecule has 0 bridgehead atoms. The van der Waals surface area contributed by atoms with Crippen molar-refractivity contribution in [3.05, 3.63) is 68.1 Å². The highest BCUT2D eigenvalue weighted by Gasteiger charge is 2.22. The number of halogens is 3. The van der Waals surface area contributed by atoms with Crippen LogP contribution in [-0.4, -0.2) is 5.78 Å². The zero-order valence-electron chi connectivity index (χ0n) is 10.1. The third kappa shape index (κ3) is 3.21. The van der Waals surface area contributed by atoms with Crippen LogP contribution in [0.4, 0.5) is 0 Å². The van der Waals surface area contributed by atoms with Crippen LogP contribution in [0.1, 0.15) is 21.8 Å². The van der Waals surface area contributed by atoms with Gasteiger partial charge in [0, 0.05) is 10.0 Å². The number of carbonyl (C=O) groups excluding carboxylic acids is 1. The SMILES string of the molecule is N#CC(C(=O)c1ccc(Cl)c(Cl)c1)c1ccc(Br)cc1. The molecule has 0 radical (unpaired) electrons. The van der Waals surface area contributed by atoms with Gasteiger partial charge in [-0.3, -0.25) is 4.79 Å². The zero-order valence-corrected chi connectivity index (χ0v) is 13.2. The first-order valence-electron chi connectivity index (χ1n) is 5.67. The molecule has 0 saturated heterocycles. The topological polar surface area (TPSA) is 40.9 Å². The Morgan fingerprint density at radius 3 is 2.30 bits per heavy atom. The highest BCUT2D eigenvalue weighted by atomic mass is 79.9. The molecule has 2 aromatic rings. The molecule has 0 aliphatic rings. The molecule has 0 spiro atoms. The molecule has 2 rings (SSSR count). The van der Waals surface area contributed by atoms with Crippen molar-refractivity contribution in [2.75, 3.05) is 0 Å². The van der Waals surface area contributed by atoms with E-state index in [0.29, 0.717) is 21.2 Å². The average molecular weight is 369 g/mol. The monoisotopic (exact) mass is 367 g/mol. The van der Waals surface area contributed by atoms with Gasteiger partial charge in [-0.2, -0.15) is 5.26 Å². The Hall–Kier alpha value is -1.34. The summed E-state index contributed by atoms with van der Waals surface area (Å²) in [7, 11) is 0. The van der Waals surface area contributed by atoms with Gasteiger partial charge < -0.3 is 0 Å². The van der Waals surface area contributed by atoms with Crippen LogP contribution in [0.15, 0.2) is 46.9 Å². The van der Waals surface area contributed by atoms with E-state index in [2.05, 4.69) is 15.9 Å². The normalized spacial score (nSPS) is 11.7. The Labute approximate surface area is 135 Å². The molecule has 100 valence electrons. The van der Waals surface area contributed by atoms with Crippen molar-refractivity contribution in [3.63, 3.8) is 0 Å². The van der Waals surface area contributed by atoms with Crippen molar-refractivity contribution in [1.82, 2.24) is 0 Å². The number of benzene rings is 2. The molecule has 0 aliphatic carbocycles. The van der Waals surface area contributed by atoms with Crippen molar-refractivity contribution in [1.29, 1.82) is 5.26 Å². The first-order valence-corrected chi connectivity index (χ1v) is 7.22. The molecular weight excluding hydrogens is 361 g/mol. The van der Waals surface area contributed by atoms with E-state index in [1.54, 1.807) is 36.4 Å². The lowest BCUT2D eigenvalue weighted by Crippen LogP contribution is -2.11. The van der Waals surface area contributed by atoms with E-state index in [9.17, 15) is 10.1 Å². The van der Waals surface area contributed by atoms with Crippen LogP contribution >= 0.6 is 39.1 Å². The molecular formula is C15H8BrCl2NO. The molecule has 0 aromatic heterocycles. The predicted octanol–water partition coefficient (Wildman–Crippen LogP) is 5.25. The quantitative estimate of drug-likeness (QED) is 0.694. The fraction of sp³-hybridized carbons (Fsp3) is 0.0667. The highest BCUT2D eigenvalue weighted by Crippen LogP contribution is 2.27. The van der Waals surface area contributed by atoms with E-state index >= 15 is 0 Å². The van der Waals surface area contributed by atoms with Gasteiger partial charge in [-0.25, -0.2) is 0 Å². The van der Waals surface area contributed by atoms with Gasteiger partial charge in [0.2, 0.25) is 0 Å². The van der Waals surface area contributed by atoms with Crippen LogP contribution in [0.3, 0.4) is 0 Å². The van der Waals surface area contributed by atoms with Crippen LogP contribution in [-0.2, 0) is 0 Å². The Bertz CT molecular complexity index is 692. The molecule has 2 aromatic carbocycles. The Morgan fingerprint density at radius 1 is 1.10 bits per heavy atom. The van der Waals surface area contributed by atoms with Crippen LogP contribution in [0.2, 0.25) is 10.0 Å². The first kappa shape index (κ1) is 15.1. The summed E-state index contributed by atoms with van der Waals surface area (Å²) < 4.78 is 0.889. The standard InChI is InChI=1S/C15H8BrCl2NO/c16-11-4-1-9(2-5-11)12(8-19)15(20)10-3-6-13(17)14(18)7-10/h1-7,12H. The maximum atomic E-state index is 12.4. The highest BCUT2D eigenvalue weighted by molar-refractivity contribution is 9.10. The number of Topliss-reactive ketones (excluding diaryl/α,β-unsaturated/α-hetero) is 1. The summed E-state index contributed by atoms with van der Waals surface area (Å²) in [5.41, 5.74) is 1.01. The fourth-order valence-electron chi connectivity index (χ4n) is 1.76. The lowest BCUT2D eigenvalue weighted by Gasteiger charge is -2.09. The number of nitrogens with zero attached hydrogens (tertiary/aromatic N) is 1. The lowest BCUT2D eigenvalue weighted by atomic mass is 9.92. The second-order valence-electron chi connectivity index (χ2n) is 4.11. The summed E-state index contributed by atoms with van der Waals surface area (Å²) in [6.07, 6.45) is 0. The minimum absolute atomic E-state index is 0.296. The minimum Gasteiger partial charge on any atom is -0.292 e. The summed E-state index contributed by atoms with van der Waals surface area (Å²) in [6.45, 7) is 0. The van der Waals surface area contributed by atoms with Crippen molar-refractivity contribution in [2.45, 2.75) is 5.92 Å². The second-order valence-corrected chi connectivity index (χ2v) is 5.84. The number of carbonyl (C=O) groups is 1. The Morgan fingerprint density at radius 2 is 1.75 bits per heavy atom. The number of hydrogen-bond donors (Lipinski definition) is 0. The van der Waals surface area contributed by atoms with Gasteiger partial charge in [0.15, 0.2) is 5.78 Å². The number of ketones is 1. The number of nitriles is 1. The van der Waals surface area contributed by atoms with Gasteiger partial charge in [-0.1, -0.05) is 51.3 Å². The lowest BCUT2D eigenvalue weighted by molar-refractivity contribution is 0.0979. The van der Waals surface area contributed by atoms with Crippen molar-refractivity contribution in [2.24, 2.45) is 0 Å². The molecule has 0 amide bonds. The van der Waals surface area contributed by atoms with Crippen molar-refractivity contribution in [3.8, 4) is 6.07 Å². The van der Waals surface area contributed by atoms with Gasteiger partial charge in [0.25, 0.3) is 0 Å². The van der Waals surface area contributed by atoms with E-state index in [-0.39, 0.29) is 5.78 Å². The molecule has 0 N–H and O–H groups in total.